The van der Waals surface area contributed by atoms with E-state index >= 15 is 0 Å². The molecule has 27 heavy (non-hydrogen) atoms. The average Bonchev–Trinajstić information content (AvgIpc) is 3.28. The molecule has 6 aliphatic rings. The van der Waals surface area contributed by atoms with E-state index in [0.29, 0.717) is 41.9 Å². The molecule has 6 saturated carbocycles. The van der Waals surface area contributed by atoms with Gasteiger partial charge >= 0.3 is 0 Å². The topological polar surface area (TPSA) is 40.5 Å². The first-order valence-electron chi connectivity index (χ1n) is 10.8. The van der Waals surface area contributed by atoms with Gasteiger partial charge in [-0.2, -0.15) is 0 Å². The number of rotatable bonds is 8. The SMILES string of the molecule is C=CC[C@]12C3C4C(C5C(C3[C@@]1(CC=C)[C@@]5(O)CC=C)C41CC1)[C@@]2(O)CC=C. The molecule has 0 aromatic heterocycles. The summed E-state index contributed by atoms with van der Waals surface area (Å²) in [6.45, 7) is 16.2. The Bertz CT molecular complexity index is 732. The molecule has 0 amide bonds. The van der Waals surface area contributed by atoms with Crippen LogP contribution in [0.5, 0.6) is 0 Å². The van der Waals surface area contributed by atoms with Crippen LogP contribution in [0.2, 0.25) is 0 Å². The van der Waals surface area contributed by atoms with E-state index in [2.05, 4.69) is 26.3 Å². The van der Waals surface area contributed by atoms with Gasteiger partial charge in [-0.25, -0.2) is 0 Å². The molecule has 10 atom stereocenters. The van der Waals surface area contributed by atoms with Crippen LogP contribution in [-0.4, -0.2) is 21.4 Å². The first-order chi connectivity index (χ1) is 12.9. The normalized spacial score (nSPS) is 61.3. The van der Waals surface area contributed by atoms with Crippen molar-refractivity contribution in [2.75, 3.05) is 0 Å². The smallest absolute Gasteiger partial charge is 0.0785 e. The van der Waals surface area contributed by atoms with Crippen molar-refractivity contribution in [3.63, 3.8) is 0 Å². The van der Waals surface area contributed by atoms with Crippen LogP contribution in [0.15, 0.2) is 50.6 Å². The Balaban J connectivity index is 1.69. The van der Waals surface area contributed by atoms with Crippen molar-refractivity contribution in [2.24, 2.45) is 51.8 Å². The van der Waals surface area contributed by atoms with Gasteiger partial charge in [-0.3, -0.25) is 0 Å². The molecule has 2 heteroatoms. The lowest BCUT2D eigenvalue weighted by molar-refractivity contribution is -0.332. The molecule has 0 saturated heterocycles. The third kappa shape index (κ3) is 1.14. The van der Waals surface area contributed by atoms with Crippen LogP contribution < -0.4 is 0 Å². The Hall–Kier alpha value is -1.12. The van der Waals surface area contributed by atoms with Crippen LogP contribution in [0.1, 0.15) is 38.5 Å². The number of hydrogen-bond acceptors (Lipinski definition) is 2. The maximum Gasteiger partial charge on any atom is 0.0785 e. The largest absolute Gasteiger partial charge is 0.389 e. The van der Waals surface area contributed by atoms with Crippen molar-refractivity contribution < 1.29 is 10.2 Å². The van der Waals surface area contributed by atoms with Crippen LogP contribution in [0.3, 0.4) is 0 Å². The summed E-state index contributed by atoms with van der Waals surface area (Å²) >= 11 is 0. The average molecular weight is 365 g/mol. The minimum atomic E-state index is -0.767. The quantitative estimate of drug-likeness (QED) is 0.632. The van der Waals surface area contributed by atoms with Gasteiger partial charge in [-0.05, 0) is 79.4 Å². The summed E-state index contributed by atoms with van der Waals surface area (Å²) in [5, 5.41) is 24.8. The maximum absolute atomic E-state index is 12.4. The summed E-state index contributed by atoms with van der Waals surface area (Å²) in [6, 6.07) is 0. The molecule has 0 heterocycles. The predicted molar refractivity (Wildman–Crippen MR) is 107 cm³/mol. The second kappa shape index (κ2) is 4.39. The number of hydrogen-bond donors (Lipinski definition) is 2. The molecule has 144 valence electrons. The third-order valence-corrected chi connectivity index (χ3v) is 10.9. The molecule has 1 spiro atoms. The predicted octanol–water partition coefficient (Wildman–Crippen LogP) is 4.27. The number of allylic oxidation sites excluding steroid dienone is 2. The minimum absolute atomic E-state index is 0.203. The molecule has 2 bridgehead atoms. The van der Waals surface area contributed by atoms with Crippen molar-refractivity contribution in [1.29, 1.82) is 0 Å². The Kier molecular flexibility index (Phi) is 2.73. The van der Waals surface area contributed by atoms with Gasteiger partial charge in [0.05, 0.1) is 11.2 Å². The van der Waals surface area contributed by atoms with Crippen molar-refractivity contribution in [2.45, 2.75) is 49.7 Å². The van der Waals surface area contributed by atoms with Crippen LogP contribution in [0.25, 0.3) is 0 Å². The first-order valence-corrected chi connectivity index (χ1v) is 10.8. The lowest BCUT2D eigenvalue weighted by Crippen LogP contribution is -2.78. The Morgan fingerprint density at radius 3 is 1.26 bits per heavy atom. The van der Waals surface area contributed by atoms with Gasteiger partial charge in [0, 0.05) is 10.8 Å². The molecule has 6 unspecified atom stereocenters. The van der Waals surface area contributed by atoms with Crippen molar-refractivity contribution in [3.8, 4) is 0 Å². The van der Waals surface area contributed by atoms with Gasteiger partial charge in [0.15, 0.2) is 0 Å². The number of aliphatic hydroxyl groups is 2. The zero-order valence-corrected chi connectivity index (χ0v) is 16.2. The van der Waals surface area contributed by atoms with Gasteiger partial charge in [-0.15, -0.1) is 26.3 Å². The highest BCUT2D eigenvalue weighted by Crippen LogP contribution is 3.03. The monoisotopic (exact) mass is 364 g/mol. The second-order valence-electron chi connectivity index (χ2n) is 10.7. The van der Waals surface area contributed by atoms with E-state index in [4.69, 9.17) is 0 Å². The molecule has 6 aliphatic carbocycles. The fourth-order valence-corrected chi connectivity index (χ4v) is 11.2. The zero-order chi connectivity index (χ0) is 19.0. The van der Waals surface area contributed by atoms with Crippen molar-refractivity contribution in [3.05, 3.63) is 50.6 Å². The fraction of sp³-hybridized carbons (Fsp3) is 0.680. The standard InChI is InChI=1S/C25H32O2/c1-5-9-22-17-15-19(24(22,26)11-7-3)20-16(21(15)13-14-21)18(17)23(22,10-6-2)25(20,27)12-8-4/h5-8,15-20,26-27H,1-4,9-14H2/t15?,16?,17?,18?,19?,20?,22-,23+,24-,25+. The van der Waals surface area contributed by atoms with Gasteiger partial charge in [-0.1, -0.05) is 24.3 Å². The van der Waals surface area contributed by atoms with Crippen LogP contribution >= 0.6 is 0 Å². The summed E-state index contributed by atoms with van der Waals surface area (Å²) in [5.74, 6) is 2.64. The first kappa shape index (κ1) is 16.8. The van der Waals surface area contributed by atoms with E-state index in [0.717, 1.165) is 12.8 Å². The molecular formula is C25H32O2. The van der Waals surface area contributed by atoms with E-state index in [1.165, 1.54) is 12.8 Å². The molecule has 6 fully saturated rings. The lowest BCUT2D eigenvalue weighted by atomic mass is 9.31. The summed E-state index contributed by atoms with van der Waals surface area (Å²) in [7, 11) is 0. The number of fused-ring (bicyclic) bond motifs is 2. The molecule has 2 N–H and O–H groups in total. The van der Waals surface area contributed by atoms with E-state index in [9.17, 15) is 10.2 Å². The van der Waals surface area contributed by atoms with Crippen LogP contribution in [-0.2, 0) is 0 Å². The Morgan fingerprint density at radius 2 is 0.963 bits per heavy atom. The minimum Gasteiger partial charge on any atom is -0.389 e. The highest BCUT2D eigenvalue weighted by Gasteiger charge is 3.04. The second-order valence-corrected chi connectivity index (χ2v) is 10.7. The molecular weight excluding hydrogens is 332 g/mol. The van der Waals surface area contributed by atoms with Gasteiger partial charge < -0.3 is 10.2 Å². The third-order valence-electron chi connectivity index (χ3n) is 10.9. The van der Waals surface area contributed by atoms with Crippen molar-refractivity contribution in [1.82, 2.24) is 0 Å². The molecule has 6 rings (SSSR count). The molecule has 0 radical (unpaired) electrons. The van der Waals surface area contributed by atoms with Gasteiger partial charge in [0.2, 0.25) is 0 Å². The summed E-state index contributed by atoms with van der Waals surface area (Å²) in [4.78, 5) is 0. The van der Waals surface area contributed by atoms with Crippen LogP contribution in [0.4, 0.5) is 0 Å². The lowest BCUT2D eigenvalue weighted by Gasteiger charge is -2.74. The fourth-order valence-electron chi connectivity index (χ4n) is 11.2. The Labute approximate surface area is 162 Å². The zero-order valence-electron chi connectivity index (χ0n) is 16.2. The molecule has 0 aromatic carbocycles. The van der Waals surface area contributed by atoms with Crippen molar-refractivity contribution >= 4 is 0 Å². The van der Waals surface area contributed by atoms with E-state index in [-0.39, 0.29) is 22.7 Å². The Morgan fingerprint density at radius 1 is 0.593 bits per heavy atom. The summed E-state index contributed by atoms with van der Waals surface area (Å²) < 4.78 is 0. The highest BCUT2D eigenvalue weighted by atomic mass is 16.3. The van der Waals surface area contributed by atoms with Gasteiger partial charge in [0.25, 0.3) is 0 Å². The summed E-state index contributed by atoms with van der Waals surface area (Å²) in [6.07, 6.45) is 13.3. The van der Waals surface area contributed by atoms with E-state index in [1.54, 1.807) is 0 Å². The molecule has 2 nitrogen and oxygen atoms in total. The van der Waals surface area contributed by atoms with E-state index < -0.39 is 11.2 Å². The highest BCUT2D eigenvalue weighted by molar-refractivity contribution is 5.52. The van der Waals surface area contributed by atoms with Crippen LogP contribution in [0, 0.1) is 51.8 Å². The molecule has 0 aromatic rings. The summed E-state index contributed by atoms with van der Waals surface area (Å²) in [5.41, 5.74) is -1.72. The van der Waals surface area contributed by atoms with Gasteiger partial charge in [0.1, 0.15) is 0 Å². The molecule has 0 aliphatic heterocycles. The maximum atomic E-state index is 12.4. The van der Waals surface area contributed by atoms with E-state index in [1.807, 2.05) is 24.3 Å².